The Morgan fingerprint density at radius 3 is 2.32 bits per heavy atom. The van der Waals surface area contributed by atoms with Gasteiger partial charge in [0.25, 0.3) is 5.91 Å². The van der Waals surface area contributed by atoms with E-state index in [0.717, 1.165) is 0 Å². The van der Waals surface area contributed by atoms with Crippen LogP contribution in [-0.4, -0.2) is 32.9 Å². The van der Waals surface area contributed by atoms with Crippen LogP contribution >= 0.6 is 11.6 Å². The predicted octanol–water partition coefficient (Wildman–Crippen LogP) is 3.34. The van der Waals surface area contributed by atoms with Crippen LogP contribution < -0.4 is 0 Å². The minimum Gasteiger partial charge on any atom is -0.365 e. The van der Waals surface area contributed by atoms with E-state index in [2.05, 4.69) is 10.1 Å². The Hall–Kier alpha value is -2.45. The first-order valence-electron chi connectivity index (χ1n) is 7.09. The fraction of sp³-hybridized carbons (Fsp3) is 0.188. The van der Waals surface area contributed by atoms with Gasteiger partial charge >= 0.3 is 6.18 Å². The number of hydrazone groups is 1. The Morgan fingerprint density at radius 2 is 1.76 bits per heavy atom. The van der Waals surface area contributed by atoms with Crippen molar-refractivity contribution < 1.29 is 23.1 Å². The van der Waals surface area contributed by atoms with E-state index < -0.39 is 29.9 Å². The molecule has 1 aliphatic rings. The monoisotopic (exact) mass is 369 g/mol. The molecule has 2 aromatic rings. The Labute approximate surface area is 145 Å². The van der Waals surface area contributed by atoms with E-state index in [4.69, 9.17) is 11.6 Å². The molecule has 0 saturated heterocycles. The average Bonchev–Trinajstić information content (AvgIpc) is 2.94. The van der Waals surface area contributed by atoms with E-state index in [1.165, 1.54) is 48.8 Å². The lowest BCUT2D eigenvalue weighted by molar-refractivity contribution is -0.0816. The molecular weight excluding hydrogens is 359 g/mol. The lowest BCUT2D eigenvalue weighted by Crippen LogP contribution is -2.43. The summed E-state index contributed by atoms with van der Waals surface area (Å²) in [4.78, 5) is 16.4. The maximum atomic E-state index is 13.1. The summed E-state index contributed by atoms with van der Waals surface area (Å²) in [5, 5.41) is 15.1. The summed E-state index contributed by atoms with van der Waals surface area (Å²) in [5.41, 5.74) is -3.39. The zero-order valence-corrected chi connectivity index (χ0v) is 13.3. The number of benzene rings is 1. The number of carbonyl (C=O) groups is 1. The van der Waals surface area contributed by atoms with Gasteiger partial charge in [-0.15, -0.1) is 0 Å². The molecule has 0 bridgehead atoms. The highest BCUT2D eigenvalue weighted by molar-refractivity contribution is 6.30. The Kier molecular flexibility index (Phi) is 4.26. The van der Waals surface area contributed by atoms with Crippen LogP contribution in [0.2, 0.25) is 5.02 Å². The van der Waals surface area contributed by atoms with Gasteiger partial charge in [-0.2, -0.15) is 23.3 Å². The summed E-state index contributed by atoms with van der Waals surface area (Å²) in [6.07, 6.45) is -3.01. The van der Waals surface area contributed by atoms with Crippen LogP contribution in [-0.2, 0) is 5.72 Å². The van der Waals surface area contributed by atoms with E-state index >= 15 is 0 Å². The predicted molar refractivity (Wildman–Crippen MR) is 83.9 cm³/mol. The summed E-state index contributed by atoms with van der Waals surface area (Å²) in [6, 6.07) is 8.18. The zero-order valence-electron chi connectivity index (χ0n) is 12.5. The number of nitrogens with zero attached hydrogens (tertiary/aromatic N) is 3. The normalized spacial score (nSPS) is 20.5. The number of halogens is 4. The Balaban J connectivity index is 2.07. The second kappa shape index (κ2) is 6.12. The number of aliphatic hydroxyl groups is 1. The molecule has 0 saturated carbocycles. The minimum atomic E-state index is -4.77. The highest BCUT2D eigenvalue weighted by Crippen LogP contribution is 2.40. The third-order valence-electron chi connectivity index (χ3n) is 3.74. The summed E-state index contributed by atoms with van der Waals surface area (Å²) >= 11 is 5.78. The minimum absolute atomic E-state index is 0.0505. The van der Waals surface area contributed by atoms with Crippen molar-refractivity contribution in [3.8, 4) is 0 Å². The van der Waals surface area contributed by atoms with Crippen LogP contribution in [0, 0.1) is 0 Å². The molecule has 3 rings (SSSR count). The molecule has 0 aliphatic carbocycles. The number of rotatable bonds is 2. The number of alkyl halides is 3. The van der Waals surface area contributed by atoms with Gasteiger partial charge in [-0.25, -0.2) is 0 Å². The molecule has 1 aromatic heterocycles. The number of carbonyl (C=O) groups excluding carboxylic acids is 1. The largest absolute Gasteiger partial charge is 0.431 e. The molecule has 1 amide bonds. The van der Waals surface area contributed by atoms with Crippen molar-refractivity contribution in [2.75, 3.05) is 0 Å². The molecule has 1 aromatic carbocycles. The molecule has 1 aliphatic heterocycles. The van der Waals surface area contributed by atoms with Gasteiger partial charge in [0.15, 0.2) is 5.72 Å². The van der Waals surface area contributed by atoms with Gasteiger partial charge in [0.05, 0.1) is 6.42 Å². The fourth-order valence-electron chi connectivity index (χ4n) is 2.48. The molecule has 1 N–H and O–H groups in total. The topological polar surface area (TPSA) is 65.8 Å². The van der Waals surface area contributed by atoms with Crippen LogP contribution in [0.15, 0.2) is 53.9 Å². The van der Waals surface area contributed by atoms with Crippen molar-refractivity contribution >= 4 is 23.2 Å². The van der Waals surface area contributed by atoms with E-state index in [0.29, 0.717) is 10.0 Å². The maximum Gasteiger partial charge on any atom is 0.431 e. The van der Waals surface area contributed by atoms with Crippen LogP contribution in [0.5, 0.6) is 0 Å². The van der Waals surface area contributed by atoms with Crippen LogP contribution in [0.1, 0.15) is 22.3 Å². The van der Waals surface area contributed by atoms with Gasteiger partial charge in [-0.1, -0.05) is 23.7 Å². The Bertz CT molecular complexity index is 825. The number of aromatic nitrogens is 1. The van der Waals surface area contributed by atoms with E-state index in [-0.39, 0.29) is 11.1 Å². The first-order chi connectivity index (χ1) is 11.7. The zero-order chi connectivity index (χ0) is 18.2. The highest BCUT2D eigenvalue weighted by Gasteiger charge is 2.53. The van der Waals surface area contributed by atoms with Gasteiger partial charge in [0.1, 0.15) is 5.71 Å². The quantitative estimate of drug-likeness (QED) is 0.883. The molecule has 0 fully saturated rings. The second-order valence-corrected chi connectivity index (χ2v) is 5.83. The molecule has 0 radical (unpaired) electrons. The SMILES string of the molecule is O=C(c1ccncc1)N1N=C(C(F)(F)F)CC1(O)c1ccc(Cl)cc1. The number of hydrogen-bond donors (Lipinski definition) is 1. The van der Waals surface area contributed by atoms with Crippen LogP contribution in [0.4, 0.5) is 13.2 Å². The van der Waals surface area contributed by atoms with Crippen molar-refractivity contribution in [2.45, 2.75) is 18.3 Å². The fourth-order valence-corrected chi connectivity index (χ4v) is 2.60. The maximum absolute atomic E-state index is 13.1. The van der Waals surface area contributed by atoms with Crippen LogP contribution in [0.3, 0.4) is 0 Å². The first-order valence-corrected chi connectivity index (χ1v) is 7.47. The number of amides is 1. The Morgan fingerprint density at radius 1 is 1.16 bits per heavy atom. The van der Waals surface area contributed by atoms with Crippen molar-refractivity contribution in [1.29, 1.82) is 0 Å². The molecular formula is C16H11ClF3N3O2. The van der Waals surface area contributed by atoms with E-state index in [9.17, 15) is 23.1 Å². The molecule has 1 unspecified atom stereocenters. The summed E-state index contributed by atoms with van der Waals surface area (Å²) < 4.78 is 39.3. The van der Waals surface area contributed by atoms with Gasteiger partial charge in [-0.05, 0) is 24.3 Å². The summed E-state index contributed by atoms with van der Waals surface area (Å²) in [6.45, 7) is 0. The summed E-state index contributed by atoms with van der Waals surface area (Å²) in [5.74, 6) is -0.876. The van der Waals surface area contributed by atoms with E-state index in [1.807, 2.05) is 0 Å². The molecule has 5 nitrogen and oxygen atoms in total. The highest BCUT2D eigenvalue weighted by atomic mass is 35.5. The van der Waals surface area contributed by atoms with Gasteiger partial charge in [-0.3, -0.25) is 9.78 Å². The molecule has 25 heavy (non-hydrogen) atoms. The van der Waals surface area contributed by atoms with Crippen molar-refractivity contribution in [1.82, 2.24) is 9.99 Å². The lowest BCUT2D eigenvalue weighted by atomic mass is 9.96. The smallest absolute Gasteiger partial charge is 0.365 e. The lowest BCUT2D eigenvalue weighted by Gasteiger charge is -2.31. The molecule has 0 spiro atoms. The second-order valence-electron chi connectivity index (χ2n) is 5.40. The van der Waals surface area contributed by atoms with Crippen molar-refractivity contribution in [3.05, 3.63) is 64.9 Å². The van der Waals surface area contributed by atoms with Crippen molar-refractivity contribution in [3.63, 3.8) is 0 Å². The third-order valence-corrected chi connectivity index (χ3v) is 3.99. The van der Waals surface area contributed by atoms with Gasteiger partial charge < -0.3 is 5.11 Å². The number of pyridine rings is 1. The van der Waals surface area contributed by atoms with Gasteiger partial charge in [0, 0.05) is 28.5 Å². The van der Waals surface area contributed by atoms with E-state index in [1.54, 1.807) is 0 Å². The van der Waals surface area contributed by atoms with Crippen molar-refractivity contribution in [2.24, 2.45) is 5.10 Å². The third kappa shape index (κ3) is 3.22. The molecule has 2 heterocycles. The van der Waals surface area contributed by atoms with Gasteiger partial charge in [0.2, 0.25) is 0 Å². The average molecular weight is 370 g/mol. The van der Waals surface area contributed by atoms with Crippen LogP contribution in [0.25, 0.3) is 0 Å². The molecule has 1 atom stereocenters. The number of hydrogen-bond acceptors (Lipinski definition) is 4. The standard InChI is InChI=1S/C16H11ClF3N3O2/c17-12-3-1-11(2-4-12)15(25)9-13(16(18,19)20)22-23(15)14(24)10-5-7-21-8-6-10/h1-8,25H,9H2. The molecule has 130 valence electrons. The summed E-state index contributed by atoms with van der Waals surface area (Å²) in [7, 11) is 0. The first kappa shape index (κ1) is 17.4. The molecule has 9 heteroatoms.